The van der Waals surface area contributed by atoms with Crippen molar-refractivity contribution >= 4 is 11.7 Å². The average Bonchev–Trinajstić information content (AvgIpc) is 3.50. The number of ketones is 1. The maximum atomic E-state index is 12.7. The number of nitrogens with zero attached hydrogens (tertiary/aromatic N) is 2. The topological polar surface area (TPSA) is 81.2 Å². The fraction of sp³-hybridized carbons (Fsp3) is 0.455. The highest BCUT2D eigenvalue weighted by atomic mass is 19.3. The summed E-state index contributed by atoms with van der Waals surface area (Å²) in [6.45, 7) is 4.39. The number of carbonyl (C=O) groups excluding carboxylic acids is 2. The van der Waals surface area contributed by atoms with Crippen LogP contribution in [0.4, 0.5) is 8.78 Å². The van der Waals surface area contributed by atoms with Crippen molar-refractivity contribution in [1.29, 1.82) is 0 Å². The number of Topliss-reactive ketones (excluding diaryl/α,β-unsaturated/α-hetero) is 1. The van der Waals surface area contributed by atoms with E-state index in [1.54, 1.807) is 19.1 Å². The fourth-order valence-corrected chi connectivity index (χ4v) is 3.25. The highest BCUT2D eigenvalue weighted by Crippen LogP contribution is 2.44. The number of alkyl halides is 2. The Kier molecular flexibility index (Phi) is 6.74. The molecule has 1 fully saturated rings. The van der Waals surface area contributed by atoms with Crippen LogP contribution in [0.25, 0.3) is 0 Å². The van der Waals surface area contributed by atoms with E-state index in [-0.39, 0.29) is 36.0 Å². The Labute approximate surface area is 174 Å². The lowest BCUT2D eigenvalue weighted by molar-refractivity contribution is -0.116. The smallest absolute Gasteiger partial charge is 0.272 e. The van der Waals surface area contributed by atoms with Crippen LogP contribution in [0.2, 0.25) is 0 Å². The van der Waals surface area contributed by atoms with Crippen molar-refractivity contribution in [2.75, 3.05) is 6.61 Å². The minimum absolute atomic E-state index is 0.0272. The van der Waals surface area contributed by atoms with E-state index in [1.165, 1.54) is 13.1 Å². The number of pyridine rings is 2. The first kappa shape index (κ1) is 21.8. The Bertz CT molecular complexity index is 945. The predicted octanol–water partition coefficient (Wildman–Crippen LogP) is 3.93. The number of halogens is 2. The van der Waals surface area contributed by atoms with Gasteiger partial charge in [-0.15, -0.1) is 0 Å². The third-order valence-corrected chi connectivity index (χ3v) is 4.81. The van der Waals surface area contributed by atoms with Gasteiger partial charge in [-0.05, 0) is 63.3 Å². The summed E-state index contributed by atoms with van der Waals surface area (Å²) in [7, 11) is 0. The molecule has 2 aromatic heterocycles. The Hall–Kier alpha value is -2.90. The Morgan fingerprint density at radius 1 is 1.27 bits per heavy atom. The lowest BCUT2D eigenvalue weighted by atomic mass is 10.0. The lowest BCUT2D eigenvalue weighted by Crippen LogP contribution is -2.27. The first-order valence-electron chi connectivity index (χ1n) is 9.91. The zero-order chi connectivity index (χ0) is 21.8. The number of hydrogen-bond donors (Lipinski definition) is 1. The van der Waals surface area contributed by atoms with Crippen molar-refractivity contribution in [3.05, 3.63) is 52.5 Å². The van der Waals surface area contributed by atoms with Gasteiger partial charge < -0.3 is 10.1 Å². The molecule has 1 amide bonds. The number of aryl methyl sites for hydroxylation is 1. The van der Waals surface area contributed by atoms with Crippen molar-refractivity contribution in [2.45, 2.75) is 58.4 Å². The van der Waals surface area contributed by atoms with Crippen molar-refractivity contribution < 1.29 is 23.1 Å². The SMILES string of the molecule is CC(=O)Cc1cc(C(=O)NC(C)c2cnc(OCC(F)F)c(C3CC3)c2)cc(C)n1. The third-order valence-electron chi connectivity index (χ3n) is 4.81. The Morgan fingerprint density at radius 3 is 2.63 bits per heavy atom. The molecule has 30 heavy (non-hydrogen) atoms. The van der Waals surface area contributed by atoms with E-state index >= 15 is 0 Å². The van der Waals surface area contributed by atoms with Gasteiger partial charge in [0.25, 0.3) is 12.3 Å². The molecular formula is C22H25F2N3O3. The molecule has 0 spiro atoms. The van der Waals surface area contributed by atoms with Crippen LogP contribution in [0.5, 0.6) is 5.88 Å². The zero-order valence-corrected chi connectivity index (χ0v) is 17.2. The van der Waals surface area contributed by atoms with E-state index in [4.69, 9.17) is 4.74 Å². The maximum Gasteiger partial charge on any atom is 0.272 e. The van der Waals surface area contributed by atoms with E-state index in [2.05, 4.69) is 15.3 Å². The summed E-state index contributed by atoms with van der Waals surface area (Å²) in [5, 5.41) is 2.92. The van der Waals surface area contributed by atoms with Gasteiger partial charge in [-0.3, -0.25) is 14.6 Å². The summed E-state index contributed by atoms with van der Waals surface area (Å²) in [6, 6.07) is 4.80. The molecule has 0 aromatic carbocycles. The van der Waals surface area contributed by atoms with E-state index in [0.29, 0.717) is 17.0 Å². The summed E-state index contributed by atoms with van der Waals surface area (Å²) >= 11 is 0. The first-order valence-corrected chi connectivity index (χ1v) is 9.91. The molecule has 3 rings (SSSR count). The Morgan fingerprint density at radius 2 is 2.00 bits per heavy atom. The number of carbonyl (C=O) groups is 2. The molecule has 0 radical (unpaired) electrons. The minimum atomic E-state index is -2.56. The standard InChI is InChI=1S/C22H25F2N3O3/c1-12-6-16(8-18(26-12)7-13(2)28)21(29)27-14(3)17-9-19(15-4-5-15)22(25-10-17)30-11-20(23)24/h6,8-10,14-15,20H,4-5,7,11H2,1-3H3,(H,27,29). The van der Waals surface area contributed by atoms with Gasteiger partial charge in [-0.25, -0.2) is 13.8 Å². The molecule has 2 aromatic rings. The molecule has 1 aliphatic carbocycles. The van der Waals surface area contributed by atoms with E-state index in [9.17, 15) is 18.4 Å². The van der Waals surface area contributed by atoms with Crippen LogP contribution in [-0.4, -0.2) is 34.7 Å². The van der Waals surface area contributed by atoms with Gasteiger partial charge in [0.2, 0.25) is 5.88 Å². The zero-order valence-electron chi connectivity index (χ0n) is 17.2. The molecule has 0 bridgehead atoms. The molecule has 2 heterocycles. The number of rotatable bonds is 9. The van der Waals surface area contributed by atoms with Gasteiger partial charge in [0.15, 0.2) is 6.61 Å². The summed E-state index contributed by atoms with van der Waals surface area (Å²) in [6.07, 6.45) is 1.08. The molecule has 1 atom stereocenters. The highest BCUT2D eigenvalue weighted by molar-refractivity contribution is 5.94. The molecule has 1 unspecified atom stereocenters. The molecule has 0 saturated heterocycles. The van der Waals surface area contributed by atoms with E-state index in [1.807, 2.05) is 13.0 Å². The average molecular weight is 417 g/mol. The number of amides is 1. The van der Waals surface area contributed by atoms with Crippen molar-refractivity contribution in [3.63, 3.8) is 0 Å². The van der Waals surface area contributed by atoms with Crippen molar-refractivity contribution in [1.82, 2.24) is 15.3 Å². The largest absolute Gasteiger partial charge is 0.471 e. The second kappa shape index (κ2) is 9.28. The summed E-state index contributed by atoms with van der Waals surface area (Å²) in [5.74, 6) is 0.174. The van der Waals surface area contributed by atoms with Crippen LogP contribution in [-0.2, 0) is 11.2 Å². The highest BCUT2D eigenvalue weighted by Gasteiger charge is 2.29. The molecular weight excluding hydrogens is 392 g/mol. The summed E-state index contributed by atoms with van der Waals surface area (Å²) < 4.78 is 30.1. The number of nitrogens with one attached hydrogen (secondary N) is 1. The second-order valence-electron chi connectivity index (χ2n) is 7.70. The van der Waals surface area contributed by atoms with Gasteiger partial charge in [0.05, 0.1) is 6.04 Å². The van der Waals surface area contributed by atoms with Crippen LogP contribution >= 0.6 is 0 Å². The fourth-order valence-electron chi connectivity index (χ4n) is 3.25. The normalized spacial score (nSPS) is 14.5. The maximum absolute atomic E-state index is 12.7. The summed E-state index contributed by atoms with van der Waals surface area (Å²) in [4.78, 5) is 32.6. The van der Waals surface area contributed by atoms with Gasteiger partial charge in [0, 0.05) is 35.1 Å². The number of hydrogen-bond acceptors (Lipinski definition) is 5. The molecule has 1 N–H and O–H groups in total. The number of ether oxygens (including phenoxy) is 1. The lowest BCUT2D eigenvalue weighted by Gasteiger charge is -2.17. The van der Waals surface area contributed by atoms with E-state index in [0.717, 1.165) is 24.0 Å². The van der Waals surface area contributed by atoms with Crippen LogP contribution in [0, 0.1) is 6.92 Å². The predicted molar refractivity (Wildman–Crippen MR) is 107 cm³/mol. The molecule has 1 saturated carbocycles. The first-order chi connectivity index (χ1) is 14.2. The van der Waals surface area contributed by atoms with Crippen LogP contribution in [0.3, 0.4) is 0 Å². The molecule has 8 heteroatoms. The molecule has 160 valence electrons. The minimum Gasteiger partial charge on any atom is -0.471 e. The molecule has 0 aliphatic heterocycles. The van der Waals surface area contributed by atoms with Crippen molar-refractivity contribution in [2.24, 2.45) is 0 Å². The third kappa shape index (κ3) is 5.81. The van der Waals surface area contributed by atoms with Gasteiger partial charge in [-0.1, -0.05) is 0 Å². The quantitative estimate of drug-likeness (QED) is 0.669. The van der Waals surface area contributed by atoms with Gasteiger partial charge >= 0.3 is 0 Å². The van der Waals surface area contributed by atoms with Gasteiger partial charge in [-0.2, -0.15) is 0 Å². The summed E-state index contributed by atoms with van der Waals surface area (Å²) in [5.41, 5.74) is 3.21. The van der Waals surface area contributed by atoms with Crippen LogP contribution < -0.4 is 10.1 Å². The second-order valence-corrected chi connectivity index (χ2v) is 7.70. The van der Waals surface area contributed by atoms with Gasteiger partial charge in [0.1, 0.15) is 5.78 Å². The molecule has 6 nitrogen and oxygen atoms in total. The van der Waals surface area contributed by atoms with Crippen LogP contribution in [0.15, 0.2) is 24.4 Å². The van der Waals surface area contributed by atoms with Crippen molar-refractivity contribution in [3.8, 4) is 5.88 Å². The Balaban J connectivity index is 1.74. The monoisotopic (exact) mass is 417 g/mol. The molecule has 1 aliphatic rings. The van der Waals surface area contributed by atoms with Crippen LogP contribution in [0.1, 0.15) is 71.5 Å². The number of aromatic nitrogens is 2. The van der Waals surface area contributed by atoms with E-state index < -0.39 is 13.0 Å².